The minimum absolute atomic E-state index is 0.0587. The van der Waals surface area contributed by atoms with Crippen molar-refractivity contribution in [1.82, 2.24) is 30.3 Å². The van der Waals surface area contributed by atoms with Gasteiger partial charge in [-0.25, -0.2) is 19.0 Å². The number of methoxy groups -OCH3 is 1. The fraction of sp³-hybridized carbons (Fsp3) is 0.657. The Hall–Kier alpha value is -3.95. The Morgan fingerprint density at radius 1 is 1.08 bits per heavy atom. The van der Waals surface area contributed by atoms with Crippen molar-refractivity contribution >= 4 is 22.9 Å². The Morgan fingerprint density at radius 3 is 2.46 bits per heavy atom. The van der Waals surface area contributed by atoms with E-state index in [2.05, 4.69) is 51.1 Å². The van der Waals surface area contributed by atoms with Crippen LogP contribution in [0.2, 0.25) is 0 Å². The van der Waals surface area contributed by atoms with Crippen LogP contribution in [0.4, 0.5) is 10.2 Å². The van der Waals surface area contributed by atoms with Crippen LogP contribution in [0.15, 0.2) is 30.8 Å². The van der Waals surface area contributed by atoms with Gasteiger partial charge < -0.3 is 33.4 Å². The summed E-state index contributed by atoms with van der Waals surface area (Å²) in [7, 11) is 1.74. The summed E-state index contributed by atoms with van der Waals surface area (Å²) in [5.41, 5.74) is -4.10. The molecule has 2 fully saturated rings. The molecule has 1 spiro atoms. The molecular formula is C35H50FN7O7. The predicted molar refractivity (Wildman–Crippen MR) is 185 cm³/mol. The number of carbonyl (C=O) groups excluding carboxylic acids is 1. The van der Waals surface area contributed by atoms with Gasteiger partial charge in [-0.1, -0.05) is 13.8 Å². The summed E-state index contributed by atoms with van der Waals surface area (Å²) in [6.07, 6.45) is 5.73. The van der Waals surface area contributed by atoms with Crippen LogP contribution in [0.5, 0.6) is 11.6 Å². The maximum Gasteiger partial charge on any atom is 0.423 e. The average molecular weight is 700 g/mol. The number of halogens is 1. The Balaban J connectivity index is 1.34. The van der Waals surface area contributed by atoms with E-state index in [4.69, 9.17) is 18.3 Å². The van der Waals surface area contributed by atoms with Crippen LogP contribution < -0.4 is 26.2 Å². The normalized spacial score (nSPS) is 17.1. The average Bonchev–Trinajstić information content (AvgIpc) is 3.52. The maximum absolute atomic E-state index is 15.3. The molecule has 15 heteroatoms. The van der Waals surface area contributed by atoms with Crippen molar-refractivity contribution in [2.45, 2.75) is 85.4 Å². The maximum atomic E-state index is 15.3. The van der Waals surface area contributed by atoms with Crippen LogP contribution in [0.25, 0.3) is 11.2 Å². The summed E-state index contributed by atoms with van der Waals surface area (Å²) >= 11 is 0. The predicted octanol–water partition coefficient (Wildman–Crippen LogP) is 4.06. The van der Waals surface area contributed by atoms with Crippen LogP contribution in [0.3, 0.4) is 0 Å². The highest BCUT2D eigenvalue weighted by atomic mass is 19.1. The Labute approximate surface area is 291 Å². The minimum Gasteiger partial charge on any atom is -0.430 e. The molecule has 2 aliphatic rings. The van der Waals surface area contributed by atoms with Crippen molar-refractivity contribution in [2.75, 3.05) is 57.8 Å². The van der Waals surface area contributed by atoms with E-state index in [9.17, 15) is 14.4 Å². The lowest BCUT2D eigenvalue weighted by atomic mass is 9.76. The Kier molecular flexibility index (Phi) is 11.9. The van der Waals surface area contributed by atoms with Gasteiger partial charge in [0.1, 0.15) is 6.33 Å². The van der Waals surface area contributed by atoms with Gasteiger partial charge in [0.25, 0.3) is 11.8 Å². The van der Waals surface area contributed by atoms with Gasteiger partial charge in [-0.05, 0) is 78.5 Å². The number of aromatic nitrogens is 3. The Morgan fingerprint density at radius 2 is 1.80 bits per heavy atom. The molecule has 2 saturated heterocycles. The molecule has 0 saturated carbocycles. The number of carbonyl (C=O) groups is 1. The number of amides is 1. The first-order valence-corrected chi connectivity index (χ1v) is 17.6. The van der Waals surface area contributed by atoms with Gasteiger partial charge in [0.05, 0.1) is 11.7 Å². The summed E-state index contributed by atoms with van der Waals surface area (Å²) in [5, 5.41) is 11.6. The van der Waals surface area contributed by atoms with E-state index in [-0.39, 0.29) is 34.8 Å². The lowest BCUT2D eigenvalue weighted by Gasteiger charge is -2.53. The summed E-state index contributed by atoms with van der Waals surface area (Å²) < 4.78 is 36.9. The van der Waals surface area contributed by atoms with E-state index in [1.807, 2.05) is 13.8 Å². The number of hydrogen-bond acceptors (Lipinski definition) is 13. The van der Waals surface area contributed by atoms with Crippen LogP contribution in [0, 0.1) is 17.2 Å². The van der Waals surface area contributed by atoms with Crippen LogP contribution in [-0.2, 0) is 4.74 Å². The molecule has 1 N–H and O–H groups in total. The number of fused-ring (bicyclic) bond motifs is 1. The van der Waals surface area contributed by atoms with E-state index in [0.717, 1.165) is 57.9 Å². The second-order valence-electron chi connectivity index (χ2n) is 14.2. The summed E-state index contributed by atoms with van der Waals surface area (Å²) in [6, 6.07) is 1.16. The molecule has 2 aromatic heterocycles. The van der Waals surface area contributed by atoms with Crippen molar-refractivity contribution in [3.05, 3.63) is 44.6 Å². The van der Waals surface area contributed by atoms with Gasteiger partial charge in [-0.15, -0.1) is 10.2 Å². The molecule has 0 bridgehead atoms. The van der Waals surface area contributed by atoms with E-state index in [1.165, 1.54) is 11.2 Å². The summed E-state index contributed by atoms with van der Waals surface area (Å²) in [4.78, 5) is 48.6. The van der Waals surface area contributed by atoms with Crippen molar-refractivity contribution < 1.29 is 27.5 Å². The minimum atomic E-state index is -1.39. The van der Waals surface area contributed by atoms with Crippen molar-refractivity contribution in [3.8, 4) is 11.6 Å². The smallest absolute Gasteiger partial charge is 0.423 e. The van der Waals surface area contributed by atoms with E-state index < -0.39 is 34.1 Å². The van der Waals surface area contributed by atoms with Crippen molar-refractivity contribution in [2.24, 2.45) is 11.3 Å². The number of anilines is 1. The number of rotatable bonds is 16. The first-order chi connectivity index (χ1) is 23.9. The number of benzene rings is 1. The standard InChI is InChI=1S/C35H50FN7O7/c1-8-43(22(4)5)32(44)24-16-25(36)28-29(50-34(46)33(45)49-28)27(24)48-31-30(38-20-39-40-31)41-15-12-35(17-41)18-42(19-35)26(21(2)3)10-9-13-37-14-11-23(6)47-7/h16,20-23,26,37H,8-15,17-19H2,1-7H3/t23-,26-/m1/s1. The van der Waals surface area contributed by atoms with Crippen LogP contribution >= 0.6 is 0 Å². The third-order valence-electron chi connectivity index (χ3n) is 9.96. The van der Waals surface area contributed by atoms with Gasteiger partial charge in [0.15, 0.2) is 17.4 Å². The largest absolute Gasteiger partial charge is 0.430 e. The molecule has 1 aromatic carbocycles. The van der Waals surface area contributed by atoms with E-state index in [0.29, 0.717) is 37.4 Å². The first kappa shape index (κ1) is 37.3. The molecule has 3 aromatic rings. The SMILES string of the molecule is CCN(C(=O)c1cc(F)c2oc(=O)c(=O)oc2c1Oc1nncnc1N1CCC2(C1)CN([C@H](CCCNCC[C@@H](C)OC)C(C)C)C2)C(C)C. The molecule has 50 heavy (non-hydrogen) atoms. The number of nitrogens with zero attached hydrogens (tertiary/aromatic N) is 6. The molecule has 274 valence electrons. The molecule has 0 aliphatic carbocycles. The van der Waals surface area contributed by atoms with Gasteiger partial charge in [-0.3, -0.25) is 9.69 Å². The molecule has 5 rings (SSSR count). The van der Waals surface area contributed by atoms with Crippen molar-refractivity contribution in [1.29, 1.82) is 0 Å². The van der Waals surface area contributed by atoms with E-state index >= 15 is 4.39 Å². The van der Waals surface area contributed by atoms with Gasteiger partial charge >= 0.3 is 11.3 Å². The second kappa shape index (κ2) is 15.9. The summed E-state index contributed by atoms with van der Waals surface area (Å²) in [5.74, 6) is -1.10. The molecule has 4 heterocycles. The third kappa shape index (κ3) is 8.00. The van der Waals surface area contributed by atoms with Crippen LogP contribution in [-0.4, -0.2) is 102 Å². The molecule has 14 nitrogen and oxygen atoms in total. The lowest BCUT2D eigenvalue weighted by molar-refractivity contribution is -0.0339. The highest BCUT2D eigenvalue weighted by Gasteiger charge is 2.50. The lowest BCUT2D eigenvalue weighted by Crippen LogP contribution is -2.62. The molecule has 2 aliphatic heterocycles. The second-order valence-corrected chi connectivity index (χ2v) is 14.2. The highest BCUT2D eigenvalue weighted by Crippen LogP contribution is 2.45. The number of ether oxygens (including phenoxy) is 2. The number of hydrogen-bond donors (Lipinski definition) is 1. The molecular weight excluding hydrogens is 649 g/mol. The molecule has 1 amide bonds. The van der Waals surface area contributed by atoms with E-state index in [1.54, 1.807) is 14.0 Å². The van der Waals surface area contributed by atoms with Crippen LogP contribution in [0.1, 0.15) is 77.6 Å². The van der Waals surface area contributed by atoms with Gasteiger partial charge in [0, 0.05) is 57.3 Å². The fourth-order valence-corrected chi connectivity index (χ4v) is 7.19. The van der Waals surface area contributed by atoms with Crippen molar-refractivity contribution in [3.63, 3.8) is 0 Å². The molecule has 0 radical (unpaired) electrons. The van der Waals surface area contributed by atoms with Gasteiger partial charge in [0.2, 0.25) is 11.2 Å². The molecule has 0 unspecified atom stereocenters. The Bertz CT molecular complexity index is 1760. The quantitative estimate of drug-likeness (QED) is 0.169. The highest BCUT2D eigenvalue weighted by molar-refractivity contribution is 6.01. The number of likely N-dealkylation sites (tertiary alicyclic amines) is 1. The topological polar surface area (TPSA) is 156 Å². The zero-order valence-electron chi connectivity index (χ0n) is 30.2. The summed E-state index contributed by atoms with van der Waals surface area (Å²) in [6.45, 7) is 17.7. The first-order valence-electron chi connectivity index (χ1n) is 17.6. The van der Waals surface area contributed by atoms with Gasteiger partial charge in [-0.2, -0.15) is 0 Å². The molecule has 2 atom stereocenters. The third-order valence-corrected chi connectivity index (χ3v) is 9.96. The monoisotopic (exact) mass is 699 g/mol. The zero-order valence-corrected chi connectivity index (χ0v) is 30.2. The number of nitrogens with one attached hydrogen (secondary N) is 1. The zero-order chi connectivity index (χ0) is 36.2. The fourth-order valence-electron chi connectivity index (χ4n) is 7.19.